The SMILES string of the molecule is CC[C@@H](CC[C@H](C)Oc1ncccc1C(N)=O)NC(=O)c1cc(SC)cc(-c2cnn(C(F)F)c2)c1. The minimum atomic E-state index is -2.73. The molecule has 0 aliphatic heterocycles. The Morgan fingerprint density at radius 3 is 2.64 bits per heavy atom. The third-order valence-electron chi connectivity index (χ3n) is 5.64. The molecule has 0 spiro atoms. The molecule has 3 N–H and O–H groups in total. The van der Waals surface area contributed by atoms with Crippen LogP contribution in [-0.2, 0) is 0 Å². The number of halogens is 2. The molecule has 11 heteroatoms. The van der Waals surface area contributed by atoms with E-state index >= 15 is 0 Å². The Morgan fingerprint density at radius 1 is 1.22 bits per heavy atom. The van der Waals surface area contributed by atoms with Crippen LogP contribution in [0.25, 0.3) is 11.1 Å². The van der Waals surface area contributed by atoms with Crippen molar-refractivity contribution in [2.75, 3.05) is 6.26 Å². The van der Waals surface area contributed by atoms with Gasteiger partial charge in [0.15, 0.2) is 0 Å². The van der Waals surface area contributed by atoms with E-state index in [0.29, 0.717) is 40.6 Å². The number of hydrogen-bond donors (Lipinski definition) is 2. The molecule has 0 saturated carbocycles. The molecule has 2 amide bonds. The van der Waals surface area contributed by atoms with E-state index in [9.17, 15) is 18.4 Å². The summed E-state index contributed by atoms with van der Waals surface area (Å²) in [6.07, 6.45) is 7.70. The maximum Gasteiger partial charge on any atom is 0.333 e. The van der Waals surface area contributed by atoms with Gasteiger partial charge in [0, 0.05) is 34.5 Å². The van der Waals surface area contributed by atoms with Crippen LogP contribution in [0.2, 0.25) is 0 Å². The fourth-order valence-electron chi connectivity index (χ4n) is 3.61. The molecule has 0 unspecified atom stereocenters. The minimum Gasteiger partial charge on any atom is -0.474 e. The molecular formula is C25H29F2N5O3S. The molecule has 2 heterocycles. The lowest BCUT2D eigenvalue weighted by Crippen LogP contribution is -2.35. The number of nitrogens with one attached hydrogen (secondary N) is 1. The van der Waals surface area contributed by atoms with Gasteiger partial charge in [-0.2, -0.15) is 13.9 Å². The second kappa shape index (κ2) is 12.5. The first-order valence-electron chi connectivity index (χ1n) is 11.5. The van der Waals surface area contributed by atoms with E-state index in [1.165, 1.54) is 30.4 Å². The Morgan fingerprint density at radius 2 is 2.00 bits per heavy atom. The van der Waals surface area contributed by atoms with E-state index in [0.717, 1.165) is 4.90 Å². The highest BCUT2D eigenvalue weighted by atomic mass is 32.2. The largest absolute Gasteiger partial charge is 0.474 e. The number of pyridine rings is 1. The monoisotopic (exact) mass is 517 g/mol. The third kappa shape index (κ3) is 7.03. The van der Waals surface area contributed by atoms with Gasteiger partial charge in [-0.25, -0.2) is 9.67 Å². The lowest BCUT2D eigenvalue weighted by Gasteiger charge is -2.21. The summed E-state index contributed by atoms with van der Waals surface area (Å²) < 4.78 is 32.3. The summed E-state index contributed by atoms with van der Waals surface area (Å²) >= 11 is 1.45. The number of nitrogens with zero attached hydrogens (tertiary/aromatic N) is 3. The van der Waals surface area contributed by atoms with Crippen LogP contribution in [0.4, 0.5) is 8.78 Å². The van der Waals surface area contributed by atoms with Crippen molar-refractivity contribution in [3.05, 3.63) is 60.0 Å². The number of thioether (sulfide) groups is 1. The lowest BCUT2D eigenvalue weighted by molar-refractivity contribution is 0.0566. The molecular weight excluding hydrogens is 488 g/mol. The molecule has 2 atom stereocenters. The molecule has 192 valence electrons. The van der Waals surface area contributed by atoms with Crippen molar-refractivity contribution < 1.29 is 23.1 Å². The zero-order valence-electron chi connectivity index (χ0n) is 20.3. The zero-order chi connectivity index (χ0) is 26.2. The van der Waals surface area contributed by atoms with Gasteiger partial charge < -0.3 is 15.8 Å². The van der Waals surface area contributed by atoms with Crippen LogP contribution in [0, 0.1) is 0 Å². The first-order chi connectivity index (χ1) is 17.2. The molecule has 0 saturated heterocycles. The van der Waals surface area contributed by atoms with E-state index < -0.39 is 12.5 Å². The molecule has 0 fully saturated rings. The molecule has 0 radical (unpaired) electrons. The quantitative estimate of drug-likeness (QED) is 0.330. The topological polar surface area (TPSA) is 112 Å². The van der Waals surface area contributed by atoms with Crippen molar-refractivity contribution in [3.63, 3.8) is 0 Å². The maximum atomic E-state index is 13.1. The molecule has 3 rings (SSSR count). The van der Waals surface area contributed by atoms with E-state index in [2.05, 4.69) is 15.4 Å². The molecule has 1 aromatic carbocycles. The summed E-state index contributed by atoms with van der Waals surface area (Å²) in [5, 5.41) is 6.74. The van der Waals surface area contributed by atoms with Gasteiger partial charge in [-0.05, 0) is 68.3 Å². The summed E-state index contributed by atoms with van der Waals surface area (Å²) in [7, 11) is 0. The predicted octanol–water partition coefficient (Wildman–Crippen LogP) is 4.92. The average Bonchev–Trinajstić information content (AvgIpc) is 3.37. The number of primary amides is 1. The Kier molecular flexibility index (Phi) is 9.40. The second-order valence-corrected chi connectivity index (χ2v) is 9.12. The van der Waals surface area contributed by atoms with Gasteiger partial charge >= 0.3 is 6.55 Å². The van der Waals surface area contributed by atoms with Crippen LogP contribution in [0.5, 0.6) is 5.88 Å². The molecule has 36 heavy (non-hydrogen) atoms. The number of alkyl halides is 2. The van der Waals surface area contributed by atoms with Crippen molar-refractivity contribution in [2.24, 2.45) is 5.73 Å². The van der Waals surface area contributed by atoms with Crippen LogP contribution in [0.15, 0.2) is 53.8 Å². The first kappa shape index (κ1) is 27.1. The highest BCUT2D eigenvalue weighted by Gasteiger charge is 2.18. The van der Waals surface area contributed by atoms with E-state index in [1.54, 1.807) is 24.3 Å². The Labute approximate surface area is 212 Å². The summed E-state index contributed by atoms with van der Waals surface area (Å²) in [6, 6.07) is 8.33. The molecule has 0 aliphatic rings. The van der Waals surface area contributed by atoms with Crippen LogP contribution in [0.3, 0.4) is 0 Å². The van der Waals surface area contributed by atoms with Crippen LogP contribution in [0.1, 0.15) is 60.4 Å². The summed E-state index contributed by atoms with van der Waals surface area (Å²) in [5.74, 6) is -0.682. The fraction of sp³-hybridized carbons (Fsp3) is 0.360. The molecule has 3 aromatic rings. The fourth-order valence-corrected chi connectivity index (χ4v) is 4.10. The molecule has 0 bridgehead atoms. The van der Waals surface area contributed by atoms with Gasteiger partial charge in [0.1, 0.15) is 5.56 Å². The lowest BCUT2D eigenvalue weighted by atomic mass is 10.0. The summed E-state index contributed by atoms with van der Waals surface area (Å²) in [5.41, 5.74) is 7.17. The van der Waals surface area contributed by atoms with E-state index in [-0.39, 0.29) is 29.5 Å². The molecule has 8 nitrogen and oxygen atoms in total. The smallest absolute Gasteiger partial charge is 0.333 e. The number of aromatic nitrogens is 3. The number of ether oxygens (including phenoxy) is 1. The van der Waals surface area contributed by atoms with Gasteiger partial charge in [-0.3, -0.25) is 9.59 Å². The van der Waals surface area contributed by atoms with Crippen LogP contribution in [-0.4, -0.2) is 45.0 Å². The zero-order valence-corrected chi connectivity index (χ0v) is 21.1. The number of hydrogen-bond acceptors (Lipinski definition) is 6. The Hall–Kier alpha value is -3.47. The normalized spacial score (nSPS) is 12.8. The van der Waals surface area contributed by atoms with Gasteiger partial charge in [0.2, 0.25) is 5.88 Å². The van der Waals surface area contributed by atoms with Crippen LogP contribution >= 0.6 is 11.8 Å². The van der Waals surface area contributed by atoms with Crippen LogP contribution < -0.4 is 15.8 Å². The number of carbonyl (C=O) groups excluding carboxylic acids is 2. The Balaban J connectivity index is 1.66. The molecule has 2 aromatic heterocycles. The Bertz CT molecular complexity index is 1200. The highest BCUT2D eigenvalue weighted by molar-refractivity contribution is 7.98. The number of rotatable bonds is 12. The van der Waals surface area contributed by atoms with Gasteiger partial charge in [0.25, 0.3) is 11.8 Å². The van der Waals surface area contributed by atoms with Crippen molar-refractivity contribution in [1.29, 1.82) is 0 Å². The first-order valence-corrected chi connectivity index (χ1v) is 12.7. The number of benzene rings is 1. The van der Waals surface area contributed by atoms with Gasteiger partial charge in [-0.1, -0.05) is 6.92 Å². The van der Waals surface area contributed by atoms with Crippen molar-refractivity contribution >= 4 is 23.6 Å². The van der Waals surface area contributed by atoms with Gasteiger partial charge in [-0.15, -0.1) is 11.8 Å². The number of nitrogens with two attached hydrogens (primary N) is 1. The number of carbonyl (C=O) groups is 2. The standard InChI is InChI=1S/C25H29F2N5O3S/c1-4-19(8-7-15(2)35-24-21(22(28)33)6-5-9-29-24)31-23(34)17-10-16(11-20(12-17)36-3)18-13-30-32(14-18)25(26)27/h5-6,9-15,19,25H,4,7-8H2,1-3H3,(H2,28,33)(H,31,34)/t15-,19-/m0/s1. The summed E-state index contributed by atoms with van der Waals surface area (Å²) in [6.45, 7) is 1.10. The molecule has 0 aliphatic carbocycles. The maximum absolute atomic E-state index is 13.1. The average molecular weight is 518 g/mol. The van der Waals surface area contributed by atoms with Gasteiger partial charge in [0.05, 0.1) is 12.3 Å². The number of amides is 2. The van der Waals surface area contributed by atoms with E-state index in [4.69, 9.17) is 10.5 Å². The summed E-state index contributed by atoms with van der Waals surface area (Å²) in [4.78, 5) is 29.6. The highest BCUT2D eigenvalue weighted by Crippen LogP contribution is 2.28. The second-order valence-electron chi connectivity index (χ2n) is 8.24. The third-order valence-corrected chi connectivity index (χ3v) is 6.35. The van der Waals surface area contributed by atoms with Crippen molar-refractivity contribution in [1.82, 2.24) is 20.1 Å². The predicted molar refractivity (Wildman–Crippen MR) is 134 cm³/mol. The van der Waals surface area contributed by atoms with Crippen molar-refractivity contribution in [2.45, 2.75) is 56.7 Å². The van der Waals surface area contributed by atoms with Crippen molar-refractivity contribution in [3.8, 4) is 17.0 Å². The van der Waals surface area contributed by atoms with E-state index in [1.807, 2.05) is 26.2 Å². The minimum absolute atomic E-state index is 0.120.